The molecule has 0 aromatic rings. The third kappa shape index (κ3) is 51.3. The Hall–Kier alpha value is -4.20. The first-order chi connectivity index (χ1) is 44.2. The Kier molecular flexibility index (Phi) is 60.4. The zero-order valence-corrected chi connectivity index (χ0v) is 57.2. The number of ether oxygens (including phenoxy) is 3. The minimum absolute atomic E-state index is 0.111. The van der Waals surface area contributed by atoms with Gasteiger partial charge in [0.15, 0.2) is 12.4 Å². The van der Waals surface area contributed by atoms with Crippen LogP contribution in [-0.2, 0) is 23.8 Å². The Morgan fingerprint density at radius 1 is 0.444 bits per heavy atom. The van der Waals surface area contributed by atoms with Crippen molar-refractivity contribution in [1.82, 2.24) is 5.32 Å². The van der Waals surface area contributed by atoms with Gasteiger partial charge in [-0.25, -0.2) is 0 Å². The maximum atomic E-state index is 13.5. The summed E-state index contributed by atoms with van der Waals surface area (Å²) in [6, 6.07) is -1.04. The van der Waals surface area contributed by atoms with E-state index in [-0.39, 0.29) is 19.4 Å². The van der Waals surface area contributed by atoms with Crippen LogP contribution in [0.1, 0.15) is 290 Å². The lowest BCUT2D eigenvalue weighted by molar-refractivity contribution is -0.305. The maximum absolute atomic E-state index is 13.5. The van der Waals surface area contributed by atoms with E-state index in [9.17, 15) is 35.1 Å². The average molecular weight is 1260 g/mol. The highest BCUT2D eigenvalue weighted by Crippen LogP contribution is 2.26. The van der Waals surface area contributed by atoms with E-state index in [1.54, 1.807) is 6.08 Å². The van der Waals surface area contributed by atoms with Crippen molar-refractivity contribution in [2.75, 3.05) is 13.2 Å². The second-order valence-corrected chi connectivity index (χ2v) is 24.6. The summed E-state index contributed by atoms with van der Waals surface area (Å²) in [7, 11) is 0. The number of aliphatic hydroxyl groups is 5. The first kappa shape index (κ1) is 83.8. The van der Waals surface area contributed by atoms with Crippen molar-refractivity contribution in [2.45, 2.75) is 339 Å². The van der Waals surface area contributed by atoms with Crippen LogP contribution in [0.3, 0.4) is 0 Å². The molecule has 1 heterocycles. The molecular formula is C79H133NO10. The normalized spacial score (nSPS) is 18.9. The zero-order valence-electron chi connectivity index (χ0n) is 57.2. The highest BCUT2D eigenvalue weighted by Gasteiger charge is 2.47. The van der Waals surface area contributed by atoms with E-state index >= 15 is 0 Å². The Morgan fingerprint density at radius 2 is 0.800 bits per heavy atom. The number of hydrogen-bond donors (Lipinski definition) is 6. The van der Waals surface area contributed by atoms with Crippen molar-refractivity contribution in [1.29, 1.82) is 0 Å². The topological polar surface area (TPSA) is 175 Å². The number of rotatable bonds is 61. The van der Waals surface area contributed by atoms with Crippen LogP contribution in [0.5, 0.6) is 0 Å². The maximum Gasteiger partial charge on any atom is 0.306 e. The summed E-state index contributed by atoms with van der Waals surface area (Å²) in [6.45, 7) is 5.57. The van der Waals surface area contributed by atoms with Crippen LogP contribution < -0.4 is 5.32 Å². The number of aliphatic hydroxyl groups excluding tert-OH is 5. The number of hydrogen-bond acceptors (Lipinski definition) is 10. The molecule has 1 rings (SSSR count). The van der Waals surface area contributed by atoms with Gasteiger partial charge in [-0.05, 0) is 116 Å². The molecule has 0 aliphatic carbocycles. The molecule has 1 amide bonds. The quantitative estimate of drug-likeness (QED) is 0.0195. The largest absolute Gasteiger partial charge is 0.454 e. The van der Waals surface area contributed by atoms with Crippen molar-refractivity contribution < 1.29 is 49.3 Å². The van der Waals surface area contributed by atoms with Crippen LogP contribution >= 0.6 is 0 Å². The summed E-state index contributed by atoms with van der Waals surface area (Å²) in [4.78, 5) is 26.7. The first-order valence-corrected chi connectivity index (χ1v) is 36.5. The lowest BCUT2D eigenvalue weighted by atomic mass is 9.99. The Labute approximate surface area is 550 Å². The predicted molar refractivity (Wildman–Crippen MR) is 379 cm³/mol. The fraction of sp³-hybridized carbons (Fsp3) is 0.696. The molecule has 0 aromatic heterocycles. The number of esters is 1. The van der Waals surface area contributed by atoms with Crippen LogP contribution in [0.15, 0.2) is 134 Å². The third-order valence-corrected chi connectivity index (χ3v) is 16.3. The third-order valence-electron chi connectivity index (χ3n) is 16.3. The fourth-order valence-electron chi connectivity index (χ4n) is 10.6. The molecule has 90 heavy (non-hydrogen) atoms. The van der Waals surface area contributed by atoms with E-state index < -0.39 is 67.4 Å². The van der Waals surface area contributed by atoms with Crippen molar-refractivity contribution in [2.24, 2.45) is 0 Å². The van der Waals surface area contributed by atoms with Gasteiger partial charge in [0.2, 0.25) is 5.91 Å². The summed E-state index contributed by atoms with van der Waals surface area (Å²) in [6.07, 6.45) is 82.0. The molecule has 0 bridgehead atoms. The van der Waals surface area contributed by atoms with Crippen LogP contribution in [0.4, 0.5) is 0 Å². The zero-order chi connectivity index (χ0) is 65.3. The van der Waals surface area contributed by atoms with Crippen LogP contribution in [-0.4, -0.2) is 99.6 Å². The van der Waals surface area contributed by atoms with E-state index in [0.717, 1.165) is 161 Å². The molecule has 514 valence electrons. The second kappa shape index (κ2) is 64.9. The van der Waals surface area contributed by atoms with Crippen LogP contribution in [0, 0.1) is 0 Å². The summed E-state index contributed by atoms with van der Waals surface area (Å²) in [5.74, 6) is -1.21. The minimum atomic E-state index is -1.63. The van der Waals surface area contributed by atoms with Gasteiger partial charge in [-0.3, -0.25) is 9.59 Å². The number of amides is 1. The Balaban J connectivity index is 2.57. The molecule has 1 aliphatic rings. The van der Waals surface area contributed by atoms with Crippen molar-refractivity contribution in [3.63, 3.8) is 0 Å². The highest BCUT2D eigenvalue weighted by atomic mass is 16.7. The summed E-state index contributed by atoms with van der Waals surface area (Å²) in [5.41, 5.74) is 0. The van der Waals surface area contributed by atoms with Gasteiger partial charge in [0.05, 0.1) is 25.4 Å². The van der Waals surface area contributed by atoms with Gasteiger partial charge >= 0.3 is 5.97 Å². The van der Waals surface area contributed by atoms with Gasteiger partial charge in [0, 0.05) is 6.42 Å². The molecule has 8 unspecified atom stereocenters. The van der Waals surface area contributed by atoms with E-state index in [1.807, 2.05) is 6.08 Å². The van der Waals surface area contributed by atoms with E-state index in [0.29, 0.717) is 12.8 Å². The number of allylic oxidation sites excluding steroid dienone is 21. The average Bonchev–Trinajstić information content (AvgIpc) is 3.71. The van der Waals surface area contributed by atoms with E-state index in [2.05, 4.69) is 148 Å². The molecular weight excluding hydrogens is 1120 g/mol. The summed E-state index contributed by atoms with van der Waals surface area (Å²) >= 11 is 0. The molecule has 1 saturated heterocycles. The van der Waals surface area contributed by atoms with E-state index in [1.165, 1.54) is 83.5 Å². The highest BCUT2D eigenvalue weighted by molar-refractivity contribution is 5.80. The number of nitrogens with one attached hydrogen (secondary N) is 1. The molecule has 11 nitrogen and oxygen atoms in total. The number of unbranched alkanes of at least 4 members (excludes halogenated alkanes) is 27. The lowest BCUT2D eigenvalue weighted by Crippen LogP contribution is -2.61. The Morgan fingerprint density at radius 3 is 1.20 bits per heavy atom. The minimum Gasteiger partial charge on any atom is -0.454 e. The number of carbonyl (C=O) groups is 2. The van der Waals surface area contributed by atoms with Crippen LogP contribution in [0.2, 0.25) is 0 Å². The first-order valence-electron chi connectivity index (χ1n) is 36.5. The van der Waals surface area contributed by atoms with Crippen molar-refractivity contribution >= 4 is 11.9 Å². The van der Waals surface area contributed by atoms with Crippen molar-refractivity contribution in [3.05, 3.63) is 134 Å². The van der Waals surface area contributed by atoms with Gasteiger partial charge in [-0.2, -0.15) is 0 Å². The SMILES string of the molecule is CC/C=C\C/C=C\C/C=C\C/C=C\C/C=C\CCCCCCCCCCCCCC(=O)OC1C(OCC(NC(=O)C(O)CCCCCCCC/C=C\C/C=C\C/C=C\C/C=C\C/C=C\CC)C(O)/C=C/CCCCCCCCCCCC)OC(CO)C(O)C1O. The molecule has 11 heteroatoms. The standard InChI is InChI=1S/C79H133NO10/c1-4-7-10-13-16-19-22-25-27-29-31-33-35-36-37-38-39-41-43-45-47-49-52-55-58-61-64-67-74(84)90-77-76(86)75(85)73(68-81)89-79(77)88-69-70(71(82)65-62-59-56-53-50-24-21-18-15-12-9-6-3)80-78(87)72(83)66-63-60-57-54-51-48-46-44-42-40-34-32-30-28-26-23-20-17-14-11-8-5-2/h7-8,10-11,16-17,19-20,25-28,31-34,36-37,42,44,62,65,70-73,75-77,79,81-83,85-86H,4-6,9,12-15,18,21-24,29-30,35,38-41,43,45-61,63-64,66-69H2,1-3H3,(H,80,87)/b10-7-,11-8-,19-16-,20-17-,27-25-,28-26-,33-31-,34-32-,37-36-,44-42-,65-62+. The molecule has 0 aromatic carbocycles. The molecule has 1 fully saturated rings. The van der Waals surface area contributed by atoms with Gasteiger partial charge in [0.25, 0.3) is 0 Å². The molecule has 0 spiro atoms. The van der Waals surface area contributed by atoms with Gasteiger partial charge in [-0.1, -0.05) is 302 Å². The molecule has 1 aliphatic heterocycles. The summed E-state index contributed by atoms with van der Waals surface area (Å²) in [5, 5.41) is 57.3. The van der Waals surface area contributed by atoms with Gasteiger partial charge in [0.1, 0.15) is 24.4 Å². The molecule has 6 N–H and O–H groups in total. The molecule has 0 radical (unpaired) electrons. The van der Waals surface area contributed by atoms with Gasteiger partial charge < -0.3 is 45.1 Å². The predicted octanol–water partition coefficient (Wildman–Crippen LogP) is 19.1. The summed E-state index contributed by atoms with van der Waals surface area (Å²) < 4.78 is 17.7. The second-order valence-electron chi connectivity index (χ2n) is 24.6. The molecule has 0 saturated carbocycles. The fourth-order valence-corrected chi connectivity index (χ4v) is 10.6. The lowest BCUT2D eigenvalue weighted by Gasteiger charge is -2.41. The van der Waals surface area contributed by atoms with E-state index in [4.69, 9.17) is 14.2 Å². The molecule has 8 atom stereocenters. The monoisotopic (exact) mass is 1260 g/mol. The Bertz CT molecular complexity index is 1980. The van der Waals surface area contributed by atoms with Gasteiger partial charge in [-0.15, -0.1) is 0 Å². The number of carbonyl (C=O) groups excluding carboxylic acids is 2. The smallest absolute Gasteiger partial charge is 0.306 e. The van der Waals surface area contributed by atoms with Crippen molar-refractivity contribution in [3.8, 4) is 0 Å². The van der Waals surface area contributed by atoms with Crippen LogP contribution in [0.25, 0.3) is 0 Å².